The van der Waals surface area contributed by atoms with E-state index in [1.807, 2.05) is 6.08 Å². The first-order chi connectivity index (χ1) is 7.97. The van der Waals surface area contributed by atoms with Gasteiger partial charge in [-0.15, -0.1) is 6.58 Å². The van der Waals surface area contributed by atoms with Crippen LogP contribution in [0.25, 0.3) is 0 Å². The van der Waals surface area contributed by atoms with Gasteiger partial charge in [0.1, 0.15) is 0 Å². The molecular formula is C15H29NO. The van der Waals surface area contributed by atoms with Crippen LogP contribution in [0.4, 0.5) is 0 Å². The Labute approximate surface area is 107 Å². The third-order valence-corrected chi connectivity index (χ3v) is 3.46. The zero-order valence-electron chi connectivity index (χ0n) is 11.8. The molecule has 1 fully saturated rings. The molecule has 2 heteroatoms. The molecule has 2 nitrogen and oxygen atoms in total. The van der Waals surface area contributed by atoms with Gasteiger partial charge in [-0.3, -0.25) is 0 Å². The summed E-state index contributed by atoms with van der Waals surface area (Å²) >= 11 is 0. The van der Waals surface area contributed by atoms with Gasteiger partial charge in [-0.25, -0.2) is 0 Å². The van der Waals surface area contributed by atoms with Gasteiger partial charge >= 0.3 is 0 Å². The van der Waals surface area contributed by atoms with Crippen molar-refractivity contribution in [3.05, 3.63) is 12.7 Å². The van der Waals surface area contributed by atoms with Crippen molar-refractivity contribution in [2.45, 2.75) is 70.4 Å². The molecule has 1 rings (SSSR count). The van der Waals surface area contributed by atoms with Crippen LogP contribution in [0, 0.1) is 0 Å². The van der Waals surface area contributed by atoms with E-state index in [1.54, 1.807) is 0 Å². The van der Waals surface area contributed by atoms with Gasteiger partial charge in [0.2, 0.25) is 0 Å². The molecule has 1 saturated carbocycles. The molecule has 0 atom stereocenters. The topological polar surface area (TPSA) is 21.3 Å². The molecule has 1 aliphatic rings. The van der Waals surface area contributed by atoms with Crippen LogP contribution in [0.15, 0.2) is 12.7 Å². The Hall–Kier alpha value is -0.340. The van der Waals surface area contributed by atoms with Crippen molar-refractivity contribution in [2.75, 3.05) is 13.2 Å². The predicted octanol–water partition coefficient (Wildman–Crippen LogP) is 3.67. The van der Waals surface area contributed by atoms with Gasteiger partial charge in [0.05, 0.1) is 5.60 Å². The highest BCUT2D eigenvalue weighted by atomic mass is 16.5. The molecule has 0 unspecified atom stereocenters. The third kappa shape index (κ3) is 5.69. The van der Waals surface area contributed by atoms with Crippen LogP contribution in [-0.4, -0.2) is 24.3 Å². The monoisotopic (exact) mass is 239 g/mol. The molecule has 0 saturated heterocycles. The summed E-state index contributed by atoms with van der Waals surface area (Å²) in [6.45, 7) is 12.3. The summed E-state index contributed by atoms with van der Waals surface area (Å²) in [7, 11) is 0. The lowest BCUT2D eigenvalue weighted by Gasteiger charge is -2.42. The molecule has 0 radical (unpaired) electrons. The molecule has 100 valence electrons. The molecule has 1 N–H and O–H groups in total. The highest BCUT2D eigenvalue weighted by Gasteiger charge is 2.37. The summed E-state index contributed by atoms with van der Waals surface area (Å²) in [4.78, 5) is 0. The first-order valence-electron chi connectivity index (χ1n) is 6.97. The van der Waals surface area contributed by atoms with Crippen LogP contribution in [0.2, 0.25) is 0 Å². The molecule has 0 spiro atoms. The normalized spacial score (nSPS) is 18.8. The van der Waals surface area contributed by atoms with Crippen LogP contribution in [-0.2, 0) is 4.74 Å². The van der Waals surface area contributed by atoms with E-state index < -0.39 is 0 Å². The second-order valence-electron chi connectivity index (χ2n) is 6.24. The lowest BCUT2D eigenvalue weighted by Crippen LogP contribution is -2.45. The van der Waals surface area contributed by atoms with E-state index in [0.29, 0.717) is 0 Å². The van der Waals surface area contributed by atoms with E-state index in [4.69, 9.17) is 4.74 Å². The number of nitrogens with one attached hydrogen (secondary N) is 1. The molecule has 0 heterocycles. The molecule has 0 aromatic rings. The van der Waals surface area contributed by atoms with Crippen LogP contribution >= 0.6 is 0 Å². The second-order valence-corrected chi connectivity index (χ2v) is 6.24. The maximum Gasteiger partial charge on any atom is 0.0694 e. The zero-order valence-corrected chi connectivity index (χ0v) is 11.8. The van der Waals surface area contributed by atoms with Gasteiger partial charge < -0.3 is 10.1 Å². The minimum atomic E-state index is 0.194. The number of hydrogen-bond acceptors (Lipinski definition) is 2. The maximum absolute atomic E-state index is 6.09. The Morgan fingerprint density at radius 2 is 2.06 bits per heavy atom. The Morgan fingerprint density at radius 1 is 1.35 bits per heavy atom. The van der Waals surface area contributed by atoms with Crippen LogP contribution < -0.4 is 5.32 Å². The molecule has 1 aliphatic carbocycles. The first kappa shape index (κ1) is 14.7. The molecule has 0 aliphatic heterocycles. The van der Waals surface area contributed by atoms with Crippen molar-refractivity contribution in [3.8, 4) is 0 Å². The van der Waals surface area contributed by atoms with Crippen LogP contribution in [0.3, 0.4) is 0 Å². The molecule has 0 amide bonds. The highest BCUT2D eigenvalue weighted by molar-refractivity contribution is 4.91. The summed E-state index contributed by atoms with van der Waals surface area (Å²) in [6, 6.07) is 0. The summed E-state index contributed by atoms with van der Waals surface area (Å²) in [6.07, 6.45) is 9.11. The quantitative estimate of drug-likeness (QED) is 0.515. The lowest BCUT2D eigenvalue weighted by molar-refractivity contribution is -0.105. The van der Waals surface area contributed by atoms with E-state index in [2.05, 4.69) is 32.7 Å². The van der Waals surface area contributed by atoms with E-state index in [1.165, 1.54) is 19.3 Å². The average Bonchev–Trinajstić information content (AvgIpc) is 2.17. The Balaban J connectivity index is 2.19. The van der Waals surface area contributed by atoms with Gasteiger partial charge in [-0.2, -0.15) is 0 Å². The lowest BCUT2D eigenvalue weighted by atomic mass is 9.77. The van der Waals surface area contributed by atoms with Gasteiger partial charge in [-0.05, 0) is 65.8 Å². The molecule has 0 bridgehead atoms. The van der Waals surface area contributed by atoms with Crippen molar-refractivity contribution in [1.82, 2.24) is 5.32 Å². The Morgan fingerprint density at radius 3 is 2.53 bits per heavy atom. The van der Waals surface area contributed by atoms with Gasteiger partial charge in [0.25, 0.3) is 0 Å². The smallest absolute Gasteiger partial charge is 0.0694 e. The number of hydrogen-bond donors (Lipinski definition) is 1. The largest absolute Gasteiger partial charge is 0.375 e. The minimum absolute atomic E-state index is 0.194. The maximum atomic E-state index is 6.09. The van der Waals surface area contributed by atoms with E-state index in [0.717, 1.165) is 32.4 Å². The van der Waals surface area contributed by atoms with Crippen LogP contribution in [0.5, 0.6) is 0 Å². The fraction of sp³-hybridized carbons (Fsp3) is 0.867. The van der Waals surface area contributed by atoms with Crippen LogP contribution in [0.1, 0.15) is 59.3 Å². The Kier molecular flexibility index (Phi) is 5.68. The SMILES string of the molecule is C=CCCCOC1(CCNC(C)(C)C)CCC1. The standard InChI is InChI=1S/C15H29NO/c1-5-6-7-13-17-15(9-8-10-15)11-12-16-14(2,3)4/h5,16H,1,6-13H2,2-4H3. The van der Waals surface area contributed by atoms with Crippen molar-refractivity contribution >= 4 is 0 Å². The number of allylic oxidation sites excluding steroid dienone is 1. The van der Waals surface area contributed by atoms with E-state index in [-0.39, 0.29) is 11.1 Å². The van der Waals surface area contributed by atoms with Crippen molar-refractivity contribution in [3.63, 3.8) is 0 Å². The minimum Gasteiger partial charge on any atom is -0.375 e. The van der Waals surface area contributed by atoms with E-state index >= 15 is 0 Å². The molecular weight excluding hydrogens is 210 g/mol. The fourth-order valence-corrected chi connectivity index (χ4v) is 2.22. The predicted molar refractivity (Wildman–Crippen MR) is 74.3 cm³/mol. The molecule has 17 heavy (non-hydrogen) atoms. The van der Waals surface area contributed by atoms with Crippen molar-refractivity contribution < 1.29 is 4.74 Å². The average molecular weight is 239 g/mol. The van der Waals surface area contributed by atoms with Gasteiger partial charge in [0.15, 0.2) is 0 Å². The number of unbranched alkanes of at least 4 members (excludes halogenated alkanes) is 1. The summed E-state index contributed by atoms with van der Waals surface area (Å²) in [5.41, 5.74) is 0.410. The van der Waals surface area contributed by atoms with Gasteiger partial charge in [0, 0.05) is 12.1 Å². The fourth-order valence-electron chi connectivity index (χ4n) is 2.22. The van der Waals surface area contributed by atoms with Crippen molar-refractivity contribution in [2.24, 2.45) is 0 Å². The van der Waals surface area contributed by atoms with Crippen molar-refractivity contribution in [1.29, 1.82) is 0 Å². The summed E-state index contributed by atoms with van der Waals surface area (Å²) in [5, 5.41) is 3.55. The second kappa shape index (κ2) is 6.55. The Bertz CT molecular complexity index is 226. The number of rotatable bonds is 8. The molecule has 0 aromatic carbocycles. The zero-order chi connectivity index (χ0) is 12.8. The highest BCUT2D eigenvalue weighted by Crippen LogP contribution is 2.38. The molecule has 0 aromatic heterocycles. The number of ether oxygens (including phenoxy) is 1. The van der Waals surface area contributed by atoms with Gasteiger partial charge in [-0.1, -0.05) is 6.08 Å². The summed E-state index contributed by atoms with van der Waals surface area (Å²) in [5.74, 6) is 0. The summed E-state index contributed by atoms with van der Waals surface area (Å²) < 4.78 is 6.09. The third-order valence-electron chi connectivity index (χ3n) is 3.46. The first-order valence-corrected chi connectivity index (χ1v) is 6.97. The van der Waals surface area contributed by atoms with E-state index in [9.17, 15) is 0 Å².